The predicted molar refractivity (Wildman–Crippen MR) is 73.7 cm³/mol. The number of benzene rings is 1. The Morgan fingerprint density at radius 1 is 1.11 bits per heavy atom. The van der Waals surface area contributed by atoms with Crippen LogP contribution in [-0.4, -0.2) is 16.8 Å². The van der Waals surface area contributed by atoms with Gasteiger partial charge in [-0.25, -0.2) is 4.98 Å². The largest absolute Gasteiger partial charge is 0.375 e. The lowest BCUT2D eigenvalue weighted by Crippen LogP contribution is -2.28. The molecule has 0 radical (unpaired) electrons. The Kier molecular flexibility index (Phi) is 2.79. The fraction of sp³-hybridized carbons (Fsp3) is 0.154. The van der Waals surface area contributed by atoms with Crippen molar-refractivity contribution in [2.45, 2.75) is 12.8 Å². The highest BCUT2D eigenvalue weighted by Crippen LogP contribution is 2.27. The minimum atomic E-state index is -0.143. The summed E-state index contributed by atoms with van der Waals surface area (Å²) in [4.78, 5) is 28.7. The van der Waals surface area contributed by atoms with Gasteiger partial charge in [0.2, 0.25) is 11.8 Å². The highest BCUT2D eigenvalue weighted by Gasteiger charge is 2.30. The second-order valence-corrected chi connectivity index (χ2v) is 5.13. The van der Waals surface area contributed by atoms with E-state index in [1.165, 1.54) is 16.2 Å². The van der Waals surface area contributed by atoms with Gasteiger partial charge in [0.15, 0.2) is 5.13 Å². The molecule has 96 valence electrons. The summed E-state index contributed by atoms with van der Waals surface area (Å²) in [5, 5.41) is 2.39. The quantitative estimate of drug-likeness (QED) is 0.849. The normalized spacial score (nSPS) is 15.3. The Bertz CT molecular complexity index is 632. The van der Waals surface area contributed by atoms with Crippen molar-refractivity contribution in [2.75, 3.05) is 10.6 Å². The first kappa shape index (κ1) is 11.9. The molecule has 0 atom stereocenters. The van der Waals surface area contributed by atoms with Crippen LogP contribution in [0.3, 0.4) is 0 Å². The second-order valence-electron chi connectivity index (χ2n) is 4.24. The van der Waals surface area contributed by atoms with E-state index >= 15 is 0 Å². The predicted octanol–water partition coefficient (Wildman–Crippen LogP) is 2.05. The molecule has 1 aliphatic heterocycles. The molecule has 3 rings (SSSR count). The van der Waals surface area contributed by atoms with Crippen LogP contribution in [-0.2, 0) is 9.59 Å². The van der Waals surface area contributed by atoms with Crippen LogP contribution in [0, 0.1) is 0 Å². The Balaban J connectivity index is 1.91. The highest BCUT2D eigenvalue weighted by molar-refractivity contribution is 7.13. The molecule has 0 bridgehead atoms. The average molecular weight is 273 g/mol. The number of nitrogen functional groups attached to an aromatic ring is 1. The van der Waals surface area contributed by atoms with Crippen LogP contribution in [0.1, 0.15) is 12.8 Å². The number of aromatic nitrogens is 1. The summed E-state index contributed by atoms with van der Waals surface area (Å²) >= 11 is 1.38. The lowest BCUT2D eigenvalue weighted by molar-refractivity contribution is -0.121. The molecule has 0 saturated carbocycles. The molecular formula is C13H11N3O2S. The SMILES string of the molecule is Nc1nc(-c2ccc(N3C(=O)CCC3=O)cc2)cs1. The Morgan fingerprint density at radius 2 is 1.74 bits per heavy atom. The maximum atomic E-state index is 11.6. The first-order valence-corrected chi connectivity index (χ1v) is 6.70. The van der Waals surface area contributed by atoms with E-state index in [2.05, 4.69) is 4.98 Å². The number of nitrogens with two attached hydrogens (primary N) is 1. The number of hydrogen-bond donors (Lipinski definition) is 1. The Morgan fingerprint density at radius 3 is 2.26 bits per heavy atom. The monoisotopic (exact) mass is 273 g/mol. The van der Waals surface area contributed by atoms with Gasteiger partial charge >= 0.3 is 0 Å². The van der Waals surface area contributed by atoms with Crippen LogP contribution in [0.2, 0.25) is 0 Å². The van der Waals surface area contributed by atoms with E-state index in [0.29, 0.717) is 23.7 Å². The van der Waals surface area contributed by atoms with Crippen molar-refractivity contribution in [1.29, 1.82) is 0 Å². The van der Waals surface area contributed by atoms with E-state index in [0.717, 1.165) is 11.3 Å². The number of anilines is 2. The van der Waals surface area contributed by atoms with Gasteiger partial charge in [0.1, 0.15) is 0 Å². The second kappa shape index (κ2) is 4.47. The maximum Gasteiger partial charge on any atom is 0.234 e. The minimum Gasteiger partial charge on any atom is -0.375 e. The fourth-order valence-corrected chi connectivity index (χ4v) is 2.64. The summed E-state index contributed by atoms with van der Waals surface area (Å²) in [5.74, 6) is -0.286. The summed E-state index contributed by atoms with van der Waals surface area (Å²) < 4.78 is 0. The molecule has 0 unspecified atom stereocenters. The molecule has 1 saturated heterocycles. The van der Waals surface area contributed by atoms with Gasteiger partial charge in [-0.1, -0.05) is 12.1 Å². The molecule has 1 aromatic heterocycles. The zero-order chi connectivity index (χ0) is 13.4. The highest BCUT2D eigenvalue weighted by atomic mass is 32.1. The lowest BCUT2D eigenvalue weighted by Gasteiger charge is -2.13. The molecule has 1 aromatic carbocycles. The van der Waals surface area contributed by atoms with Gasteiger partial charge in [0, 0.05) is 23.8 Å². The van der Waals surface area contributed by atoms with Crippen LogP contribution >= 0.6 is 11.3 Å². The number of thiazole rings is 1. The van der Waals surface area contributed by atoms with E-state index < -0.39 is 0 Å². The maximum absolute atomic E-state index is 11.6. The average Bonchev–Trinajstić information content (AvgIpc) is 2.97. The summed E-state index contributed by atoms with van der Waals surface area (Å²) in [7, 11) is 0. The van der Waals surface area contributed by atoms with Gasteiger partial charge in [0.25, 0.3) is 0 Å². The van der Waals surface area contributed by atoms with Crippen molar-refractivity contribution in [2.24, 2.45) is 0 Å². The first-order chi connectivity index (χ1) is 9.15. The number of imide groups is 1. The number of nitrogens with zero attached hydrogens (tertiary/aromatic N) is 2. The smallest absolute Gasteiger partial charge is 0.234 e. The van der Waals surface area contributed by atoms with Gasteiger partial charge < -0.3 is 5.73 Å². The Hall–Kier alpha value is -2.21. The fourth-order valence-electron chi connectivity index (χ4n) is 2.07. The zero-order valence-electron chi connectivity index (χ0n) is 10.00. The van der Waals surface area contributed by atoms with E-state index in [1.807, 2.05) is 17.5 Å². The molecular weight excluding hydrogens is 262 g/mol. The molecule has 2 amide bonds. The van der Waals surface area contributed by atoms with Crippen LogP contribution in [0.5, 0.6) is 0 Å². The number of rotatable bonds is 2. The van der Waals surface area contributed by atoms with Crippen LogP contribution < -0.4 is 10.6 Å². The van der Waals surface area contributed by atoms with Gasteiger partial charge in [-0.15, -0.1) is 11.3 Å². The number of carbonyl (C=O) groups is 2. The van der Waals surface area contributed by atoms with Gasteiger partial charge in [-0.2, -0.15) is 0 Å². The van der Waals surface area contributed by atoms with Crippen molar-refractivity contribution in [3.63, 3.8) is 0 Å². The standard InChI is InChI=1S/C13H11N3O2S/c14-13-15-10(7-19-13)8-1-3-9(4-2-8)16-11(17)5-6-12(16)18/h1-4,7H,5-6H2,(H2,14,15). The molecule has 1 fully saturated rings. The first-order valence-electron chi connectivity index (χ1n) is 5.82. The number of amides is 2. The van der Waals surface area contributed by atoms with E-state index in [1.54, 1.807) is 12.1 Å². The molecule has 2 N–H and O–H groups in total. The third-order valence-electron chi connectivity index (χ3n) is 2.99. The molecule has 1 aliphatic rings. The van der Waals surface area contributed by atoms with Crippen molar-refractivity contribution in [3.05, 3.63) is 29.6 Å². The summed E-state index contributed by atoms with van der Waals surface area (Å²) in [6.45, 7) is 0. The van der Waals surface area contributed by atoms with Crippen molar-refractivity contribution in [3.8, 4) is 11.3 Å². The summed E-state index contributed by atoms with van der Waals surface area (Å²) in [5.41, 5.74) is 7.91. The van der Waals surface area contributed by atoms with E-state index in [4.69, 9.17) is 5.73 Å². The topological polar surface area (TPSA) is 76.3 Å². The van der Waals surface area contributed by atoms with Gasteiger partial charge in [-0.05, 0) is 12.1 Å². The molecule has 5 nitrogen and oxygen atoms in total. The third kappa shape index (κ3) is 2.10. The Labute approximate surface area is 113 Å². The molecule has 2 heterocycles. The number of carbonyl (C=O) groups excluding carboxylic acids is 2. The molecule has 0 aliphatic carbocycles. The van der Waals surface area contributed by atoms with Gasteiger partial charge in [-0.3, -0.25) is 14.5 Å². The van der Waals surface area contributed by atoms with Crippen LogP contribution in [0.25, 0.3) is 11.3 Å². The van der Waals surface area contributed by atoms with E-state index in [-0.39, 0.29) is 11.8 Å². The van der Waals surface area contributed by atoms with Crippen molar-refractivity contribution in [1.82, 2.24) is 4.98 Å². The number of hydrogen-bond acceptors (Lipinski definition) is 5. The van der Waals surface area contributed by atoms with E-state index in [9.17, 15) is 9.59 Å². The lowest BCUT2D eigenvalue weighted by atomic mass is 10.1. The summed E-state index contributed by atoms with van der Waals surface area (Å²) in [6.07, 6.45) is 0.590. The molecule has 6 heteroatoms. The molecule has 0 spiro atoms. The van der Waals surface area contributed by atoms with Crippen LogP contribution in [0.4, 0.5) is 10.8 Å². The molecule has 19 heavy (non-hydrogen) atoms. The van der Waals surface area contributed by atoms with Crippen molar-refractivity contribution >= 4 is 34.0 Å². The zero-order valence-corrected chi connectivity index (χ0v) is 10.8. The minimum absolute atomic E-state index is 0.143. The third-order valence-corrected chi connectivity index (χ3v) is 3.67. The van der Waals surface area contributed by atoms with Gasteiger partial charge in [0.05, 0.1) is 11.4 Å². The van der Waals surface area contributed by atoms with Crippen LogP contribution in [0.15, 0.2) is 29.6 Å². The molecule has 2 aromatic rings. The summed E-state index contributed by atoms with van der Waals surface area (Å²) in [6, 6.07) is 7.18. The van der Waals surface area contributed by atoms with Crippen molar-refractivity contribution < 1.29 is 9.59 Å².